The Bertz CT molecular complexity index is 203. The van der Waals surface area contributed by atoms with E-state index in [1.807, 2.05) is 0 Å². The molecule has 0 aromatic carbocycles. The first-order valence-corrected chi connectivity index (χ1v) is 3.34. The molecule has 0 unspecified atom stereocenters. The lowest BCUT2D eigenvalue weighted by Crippen LogP contribution is -2.39. The minimum absolute atomic E-state index is 0.164. The number of carbonyl (C=O) groups excluding carboxylic acids is 1. The van der Waals surface area contributed by atoms with Crippen LogP contribution in [0.25, 0.3) is 0 Å². The van der Waals surface area contributed by atoms with Crippen LogP contribution >= 0.6 is 23.2 Å². The van der Waals surface area contributed by atoms with Crippen LogP contribution in [0.4, 0.5) is 0 Å². The summed E-state index contributed by atoms with van der Waals surface area (Å²) in [5, 5.41) is 0. The van der Waals surface area contributed by atoms with Gasteiger partial charge in [-0.1, -0.05) is 23.2 Å². The summed E-state index contributed by atoms with van der Waals surface area (Å²) in [6, 6.07) is 0. The Morgan fingerprint density at radius 1 is 1.33 bits per heavy atom. The predicted molar refractivity (Wildman–Crippen MR) is 37.8 cm³/mol. The first-order valence-electron chi connectivity index (χ1n) is 2.58. The molecule has 0 saturated heterocycles. The third-order valence-corrected chi connectivity index (χ3v) is 2.57. The smallest absolute Gasteiger partial charge is 0.201 e. The SMILES string of the molecule is CC1=C(C)C(Cl)(Cl)C1=O. The van der Waals surface area contributed by atoms with Gasteiger partial charge in [-0.3, -0.25) is 4.79 Å². The van der Waals surface area contributed by atoms with E-state index in [9.17, 15) is 4.79 Å². The fraction of sp³-hybridized carbons (Fsp3) is 0.500. The van der Waals surface area contributed by atoms with Crippen molar-refractivity contribution in [2.45, 2.75) is 18.2 Å². The van der Waals surface area contributed by atoms with Crippen LogP contribution in [-0.4, -0.2) is 10.1 Å². The van der Waals surface area contributed by atoms with Gasteiger partial charge in [0.2, 0.25) is 4.33 Å². The average molecular weight is 165 g/mol. The summed E-state index contributed by atoms with van der Waals surface area (Å²) < 4.78 is -1.20. The molecule has 0 atom stereocenters. The second-order valence-corrected chi connectivity index (χ2v) is 3.48. The number of ketones is 1. The molecule has 0 radical (unpaired) electrons. The molecule has 0 spiro atoms. The lowest BCUT2D eigenvalue weighted by atomic mass is 9.88. The highest BCUT2D eigenvalue weighted by atomic mass is 35.5. The van der Waals surface area contributed by atoms with Gasteiger partial charge in [0.05, 0.1) is 0 Å². The highest BCUT2D eigenvalue weighted by Crippen LogP contribution is 2.43. The number of hydrogen-bond donors (Lipinski definition) is 0. The Hall–Kier alpha value is -0.0100. The van der Waals surface area contributed by atoms with E-state index in [-0.39, 0.29) is 5.78 Å². The molecule has 9 heavy (non-hydrogen) atoms. The quantitative estimate of drug-likeness (QED) is 0.502. The standard InChI is InChI=1S/C6H6Cl2O/c1-3-4(2)6(7,8)5(3)9/h1-2H3. The molecule has 0 N–H and O–H groups in total. The molecule has 0 heterocycles. The zero-order valence-corrected chi connectivity index (χ0v) is 6.68. The van der Waals surface area contributed by atoms with Crippen LogP contribution in [0, 0.1) is 0 Å². The van der Waals surface area contributed by atoms with Crippen molar-refractivity contribution < 1.29 is 4.79 Å². The van der Waals surface area contributed by atoms with E-state index in [4.69, 9.17) is 23.2 Å². The van der Waals surface area contributed by atoms with Gasteiger partial charge in [-0.05, 0) is 25.0 Å². The first kappa shape index (κ1) is 7.10. The van der Waals surface area contributed by atoms with Gasteiger partial charge in [0.15, 0.2) is 5.78 Å². The molecular formula is C6H6Cl2O. The molecule has 0 saturated carbocycles. The van der Waals surface area contributed by atoms with E-state index in [2.05, 4.69) is 0 Å². The maximum atomic E-state index is 10.8. The van der Waals surface area contributed by atoms with Gasteiger partial charge in [0.25, 0.3) is 0 Å². The predicted octanol–water partition coefficient (Wildman–Crippen LogP) is 2.08. The minimum atomic E-state index is -1.20. The summed E-state index contributed by atoms with van der Waals surface area (Å²) in [6.45, 7) is 3.48. The zero-order chi connectivity index (χ0) is 7.23. The van der Waals surface area contributed by atoms with Gasteiger partial charge in [-0.25, -0.2) is 0 Å². The lowest BCUT2D eigenvalue weighted by Gasteiger charge is -2.30. The molecule has 3 heteroatoms. The first-order chi connectivity index (χ1) is 3.98. The average Bonchev–Trinajstić information content (AvgIpc) is 1.84. The van der Waals surface area contributed by atoms with E-state index >= 15 is 0 Å². The van der Waals surface area contributed by atoms with Crippen LogP contribution in [0.1, 0.15) is 13.8 Å². The van der Waals surface area contributed by atoms with Gasteiger partial charge >= 0.3 is 0 Å². The molecule has 1 rings (SSSR count). The summed E-state index contributed by atoms with van der Waals surface area (Å²) in [4.78, 5) is 10.8. The summed E-state index contributed by atoms with van der Waals surface area (Å²) >= 11 is 11.1. The minimum Gasteiger partial charge on any atom is -0.291 e. The highest BCUT2D eigenvalue weighted by Gasteiger charge is 2.46. The maximum absolute atomic E-state index is 10.8. The number of halogens is 2. The highest BCUT2D eigenvalue weighted by molar-refractivity contribution is 6.64. The fourth-order valence-corrected chi connectivity index (χ4v) is 1.32. The topological polar surface area (TPSA) is 17.1 Å². The van der Waals surface area contributed by atoms with Crippen molar-refractivity contribution in [1.29, 1.82) is 0 Å². The van der Waals surface area contributed by atoms with Crippen LogP contribution in [0.3, 0.4) is 0 Å². The Balaban J connectivity index is 3.06. The van der Waals surface area contributed by atoms with Crippen molar-refractivity contribution in [3.63, 3.8) is 0 Å². The van der Waals surface area contributed by atoms with Gasteiger partial charge < -0.3 is 0 Å². The van der Waals surface area contributed by atoms with E-state index in [0.717, 1.165) is 5.57 Å². The largest absolute Gasteiger partial charge is 0.291 e. The molecule has 0 fully saturated rings. The van der Waals surface area contributed by atoms with Crippen LogP contribution in [-0.2, 0) is 4.79 Å². The molecule has 1 nitrogen and oxygen atoms in total. The van der Waals surface area contributed by atoms with Crippen molar-refractivity contribution >= 4 is 29.0 Å². The van der Waals surface area contributed by atoms with E-state index in [1.54, 1.807) is 13.8 Å². The van der Waals surface area contributed by atoms with Crippen molar-refractivity contribution in [3.8, 4) is 0 Å². The van der Waals surface area contributed by atoms with E-state index in [0.29, 0.717) is 5.57 Å². The summed E-state index contributed by atoms with van der Waals surface area (Å²) in [5.74, 6) is -0.164. The van der Waals surface area contributed by atoms with Crippen LogP contribution in [0.5, 0.6) is 0 Å². The van der Waals surface area contributed by atoms with Crippen LogP contribution in [0.2, 0.25) is 0 Å². The monoisotopic (exact) mass is 164 g/mol. The van der Waals surface area contributed by atoms with Crippen molar-refractivity contribution in [2.24, 2.45) is 0 Å². The van der Waals surface area contributed by atoms with Gasteiger partial charge in [-0.2, -0.15) is 0 Å². The van der Waals surface area contributed by atoms with Crippen LogP contribution < -0.4 is 0 Å². The molecule has 0 aromatic heterocycles. The number of carbonyl (C=O) groups is 1. The molecule has 0 amide bonds. The molecular weight excluding hydrogens is 159 g/mol. The lowest BCUT2D eigenvalue weighted by molar-refractivity contribution is -0.117. The molecule has 0 aromatic rings. The van der Waals surface area contributed by atoms with Gasteiger partial charge in [0.1, 0.15) is 0 Å². The number of Topliss-reactive ketones (excluding diaryl/α,β-unsaturated/α-hetero) is 1. The Morgan fingerprint density at radius 3 is 1.89 bits per heavy atom. The van der Waals surface area contributed by atoms with Gasteiger partial charge in [-0.15, -0.1) is 0 Å². The third kappa shape index (κ3) is 0.717. The van der Waals surface area contributed by atoms with Crippen LogP contribution in [0.15, 0.2) is 11.1 Å². The molecule has 1 aliphatic carbocycles. The summed E-state index contributed by atoms with van der Waals surface area (Å²) in [7, 11) is 0. The van der Waals surface area contributed by atoms with Gasteiger partial charge in [0, 0.05) is 0 Å². The maximum Gasteiger partial charge on any atom is 0.201 e. The van der Waals surface area contributed by atoms with E-state index < -0.39 is 4.33 Å². The van der Waals surface area contributed by atoms with Crippen molar-refractivity contribution in [3.05, 3.63) is 11.1 Å². The van der Waals surface area contributed by atoms with Crippen molar-refractivity contribution in [2.75, 3.05) is 0 Å². The van der Waals surface area contributed by atoms with E-state index in [1.165, 1.54) is 0 Å². The number of hydrogen-bond acceptors (Lipinski definition) is 1. The van der Waals surface area contributed by atoms with Crippen molar-refractivity contribution in [1.82, 2.24) is 0 Å². The number of alkyl halides is 2. The Morgan fingerprint density at radius 2 is 1.78 bits per heavy atom. The third-order valence-electron chi connectivity index (χ3n) is 1.66. The number of allylic oxidation sites excluding steroid dienone is 2. The molecule has 0 bridgehead atoms. The fourth-order valence-electron chi connectivity index (χ4n) is 0.749. The second-order valence-electron chi connectivity index (χ2n) is 2.15. The second kappa shape index (κ2) is 1.74. The zero-order valence-electron chi connectivity index (χ0n) is 5.16. The Kier molecular flexibility index (Phi) is 1.37. The molecule has 1 aliphatic rings. The molecule has 0 aliphatic heterocycles. The number of rotatable bonds is 0. The Labute approximate surface area is 63.6 Å². The summed E-state index contributed by atoms with van der Waals surface area (Å²) in [6.07, 6.45) is 0. The summed E-state index contributed by atoms with van der Waals surface area (Å²) in [5.41, 5.74) is 1.47. The molecule has 50 valence electrons. The normalized spacial score (nSPS) is 24.2.